The molecule has 0 saturated heterocycles. The van der Waals surface area contributed by atoms with Gasteiger partial charge in [0.2, 0.25) is 0 Å². The van der Waals surface area contributed by atoms with Crippen LogP contribution in [0, 0.1) is 0 Å². The van der Waals surface area contributed by atoms with Gasteiger partial charge in [0.25, 0.3) is 5.91 Å². The van der Waals surface area contributed by atoms with E-state index in [0.29, 0.717) is 5.56 Å². The largest absolute Gasteiger partial charge is 0.395 e. The molecule has 0 radical (unpaired) electrons. The molecule has 2 atom stereocenters. The molecular formula is C10H15N3O2S. The van der Waals surface area contributed by atoms with Crippen LogP contribution in [0.3, 0.4) is 0 Å². The van der Waals surface area contributed by atoms with Crippen LogP contribution in [-0.4, -0.2) is 45.1 Å². The number of hydrogen-bond donors (Lipinski definition) is 2. The highest BCUT2D eigenvalue weighted by Crippen LogP contribution is 2.10. The summed E-state index contributed by atoms with van der Waals surface area (Å²) < 4.78 is 0. The maximum Gasteiger partial charge on any atom is 0.254 e. The van der Waals surface area contributed by atoms with Gasteiger partial charge >= 0.3 is 0 Å². The van der Waals surface area contributed by atoms with Gasteiger partial charge in [-0.2, -0.15) is 11.8 Å². The molecule has 1 aromatic heterocycles. The van der Waals surface area contributed by atoms with Crippen molar-refractivity contribution in [3.63, 3.8) is 0 Å². The molecule has 0 spiro atoms. The molecule has 5 nitrogen and oxygen atoms in total. The summed E-state index contributed by atoms with van der Waals surface area (Å²) in [6, 6.07) is -0.104. The first-order chi connectivity index (χ1) is 7.69. The third-order valence-electron chi connectivity index (χ3n) is 2.22. The Hall–Kier alpha value is -1.14. The van der Waals surface area contributed by atoms with Crippen LogP contribution in [0.2, 0.25) is 0 Å². The number of amides is 1. The predicted molar refractivity (Wildman–Crippen MR) is 63.3 cm³/mol. The lowest BCUT2D eigenvalue weighted by Gasteiger charge is -2.21. The second-order valence-corrected chi connectivity index (χ2v) is 4.42. The molecule has 0 saturated carbocycles. The smallest absolute Gasteiger partial charge is 0.254 e. The van der Waals surface area contributed by atoms with Crippen molar-refractivity contribution in [2.75, 3.05) is 12.9 Å². The van der Waals surface area contributed by atoms with Gasteiger partial charge in [-0.25, -0.2) is 9.97 Å². The van der Waals surface area contributed by atoms with E-state index >= 15 is 0 Å². The van der Waals surface area contributed by atoms with Crippen LogP contribution in [0.1, 0.15) is 17.3 Å². The first-order valence-electron chi connectivity index (χ1n) is 4.88. The van der Waals surface area contributed by atoms with Crippen molar-refractivity contribution in [2.45, 2.75) is 18.2 Å². The number of nitrogens with zero attached hydrogens (tertiary/aromatic N) is 2. The fourth-order valence-corrected chi connectivity index (χ4v) is 1.86. The molecule has 0 fully saturated rings. The molecule has 0 aliphatic rings. The van der Waals surface area contributed by atoms with Gasteiger partial charge in [0.1, 0.15) is 6.33 Å². The van der Waals surface area contributed by atoms with E-state index in [1.54, 1.807) is 0 Å². The van der Waals surface area contributed by atoms with Crippen LogP contribution >= 0.6 is 11.8 Å². The van der Waals surface area contributed by atoms with Crippen molar-refractivity contribution < 1.29 is 9.90 Å². The monoisotopic (exact) mass is 241 g/mol. The molecule has 1 heterocycles. The topological polar surface area (TPSA) is 75.1 Å². The van der Waals surface area contributed by atoms with Gasteiger partial charge < -0.3 is 10.4 Å². The maximum absolute atomic E-state index is 11.7. The molecule has 0 aliphatic carbocycles. The lowest BCUT2D eigenvalue weighted by atomic mass is 10.2. The summed E-state index contributed by atoms with van der Waals surface area (Å²) in [4.78, 5) is 19.3. The standard InChI is InChI=1S/C10H15N3O2S/c1-7(9(5-14)16-2)13-10(15)8-3-11-6-12-4-8/h3-4,6-7,9,14H,5H2,1-2H3,(H,13,15). The zero-order valence-electron chi connectivity index (χ0n) is 9.25. The summed E-state index contributed by atoms with van der Waals surface area (Å²) in [5.41, 5.74) is 0.423. The average molecular weight is 241 g/mol. The van der Waals surface area contributed by atoms with E-state index in [1.165, 1.54) is 30.5 Å². The molecule has 16 heavy (non-hydrogen) atoms. The summed E-state index contributed by atoms with van der Waals surface area (Å²) in [5.74, 6) is -0.222. The Morgan fingerprint density at radius 1 is 1.56 bits per heavy atom. The van der Waals surface area contributed by atoms with Gasteiger partial charge in [-0.05, 0) is 13.2 Å². The minimum absolute atomic E-state index is 0.00594. The van der Waals surface area contributed by atoms with E-state index in [4.69, 9.17) is 5.11 Å². The van der Waals surface area contributed by atoms with Crippen molar-refractivity contribution in [3.8, 4) is 0 Å². The van der Waals surface area contributed by atoms with E-state index in [9.17, 15) is 4.79 Å². The number of nitrogens with one attached hydrogen (secondary N) is 1. The van der Waals surface area contributed by atoms with Crippen molar-refractivity contribution >= 4 is 17.7 Å². The number of thioether (sulfide) groups is 1. The lowest BCUT2D eigenvalue weighted by Crippen LogP contribution is -2.41. The lowest BCUT2D eigenvalue weighted by molar-refractivity contribution is 0.0935. The second kappa shape index (κ2) is 6.44. The highest BCUT2D eigenvalue weighted by molar-refractivity contribution is 7.99. The van der Waals surface area contributed by atoms with Crippen LogP contribution < -0.4 is 5.32 Å². The number of aromatic nitrogens is 2. The SMILES string of the molecule is CSC(CO)C(C)NC(=O)c1cncnc1. The molecule has 2 unspecified atom stereocenters. The van der Waals surface area contributed by atoms with Gasteiger partial charge in [0.15, 0.2) is 0 Å². The van der Waals surface area contributed by atoms with E-state index in [-0.39, 0.29) is 23.8 Å². The average Bonchev–Trinajstić information content (AvgIpc) is 2.31. The van der Waals surface area contributed by atoms with E-state index < -0.39 is 0 Å². The first-order valence-corrected chi connectivity index (χ1v) is 6.17. The summed E-state index contributed by atoms with van der Waals surface area (Å²) >= 11 is 1.52. The fraction of sp³-hybridized carbons (Fsp3) is 0.500. The normalized spacial score (nSPS) is 14.2. The zero-order chi connectivity index (χ0) is 12.0. The van der Waals surface area contributed by atoms with Crippen LogP contribution in [0.4, 0.5) is 0 Å². The summed E-state index contributed by atoms with van der Waals surface area (Å²) in [6.45, 7) is 1.90. The maximum atomic E-state index is 11.7. The number of aliphatic hydroxyl groups is 1. The molecule has 2 N–H and O–H groups in total. The molecule has 0 aromatic carbocycles. The van der Waals surface area contributed by atoms with Crippen LogP contribution in [-0.2, 0) is 0 Å². The van der Waals surface area contributed by atoms with Gasteiger partial charge in [-0.1, -0.05) is 0 Å². The minimum atomic E-state index is -0.222. The van der Waals surface area contributed by atoms with Gasteiger partial charge in [-0.15, -0.1) is 0 Å². The third-order valence-corrected chi connectivity index (χ3v) is 3.38. The molecule has 1 aromatic rings. The Labute approximate surface area is 98.7 Å². The van der Waals surface area contributed by atoms with Gasteiger partial charge in [0, 0.05) is 23.7 Å². The third kappa shape index (κ3) is 3.46. The van der Waals surface area contributed by atoms with Crippen molar-refractivity contribution in [3.05, 3.63) is 24.3 Å². The summed E-state index contributed by atoms with van der Waals surface area (Å²) in [6.07, 6.45) is 6.19. The molecule has 1 rings (SSSR count). The molecule has 6 heteroatoms. The van der Waals surface area contributed by atoms with E-state index in [2.05, 4.69) is 15.3 Å². The number of aliphatic hydroxyl groups excluding tert-OH is 1. The first kappa shape index (κ1) is 12.9. The Morgan fingerprint density at radius 3 is 2.69 bits per heavy atom. The Morgan fingerprint density at radius 2 is 2.19 bits per heavy atom. The number of hydrogen-bond acceptors (Lipinski definition) is 5. The van der Waals surface area contributed by atoms with Crippen LogP contribution in [0.15, 0.2) is 18.7 Å². The van der Waals surface area contributed by atoms with Crippen molar-refractivity contribution in [1.29, 1.82) is 0 Å². The van der Waals surface area contributed by atoms with E-state index in [0.717, 1.165) is 0 Å². The van der Waals surface area contributed by atoms with Crippen LogP contribution in [0.5, 0.6) is 0 Å². The van der Waals surface area contributed by atoms with Crippen molar-refractivity contribution in [1.82, 2.24) is 15.3 Å². The Kier molecular flexibility index (Phi) is 5.21. The molecule has 88 valence electrons. The van der Waals surface area contributed by atoms with Crippen LogP contribution in [0.25, 0.3) is 0 Å². The minimum Gasteiger partial charge on any atom is -0.395 e. The fourth-order valence-electron chi connectivity index (χ4n) is 1.24. The molecule has 0 aliphatic heterocycles. The predicted octanol–water partition coefficient (Wildman–Crippen LogP) is 0.319. The number of rotatable bonds is 5. The summed E-state index contributed by atoms with van der Waals surface area (Å²) in [5, 5.41) is 11.9. The molecular weight excluding hydrogens is 226 g/mol. The quantitative estimate of drug-likeness (QED) is 0.776. The zero-order valence-corrected chi connectivity index (χ0v) is 10.1. The van der Waals surface area contributed by atoms with Gasteiger partial charge in [0.05, 0.1) is 12.2 Å². The van der Waals surface area contributed by atoms with Gasteiger partial charge in [-0.3, -0.25) is 4.79 Å². The summed E-state index contributed by atoms with van der Waals surface area (Å²) in [7, 11) is 0. The second-order valence-electron chi connectivity index (χ2n) is 3.35. The highest BCUT2D eigenvalue weighted by Gasteiger charge is 2.18. The Balaban J connectivity index is 2.58. The number of carbonyl (C=O) groups is 1. The Bertz CT molecular complexity index is 330. The van der Waals surface area contributed by atoms with E-state index in [1.807, 2.05) is 13.2 Å². The molecule has 0 bridgehead atoms. The molecule has 1 amide bonds. The highest BCUT2D eigenvalue weighted by atomic mass is 32.2. The van der Waals surface area contributed by atoms with Crippen molar-refractivity contribution in [2.24, 2.45) is 0 Å². The number of carbonyl (C=O) groups excluding carboxylic acids is 1.